The molecule has 3 heterocycles. The normalized spacial score (nSPS) is 13.7. The molecule has 0 atom stereocenters. The van der Waals surface area contributed by atoms with Gasteiger partial charge in [0.2, 0.25) is 0 Å². The van der Waals surface area contributed by atoms with Crippen LogP contribution in [0.4, 0.5) is 4.39 Å². The molecule has 0 bridgehead atoms. The summed E-state index contributed by atoms with van der Waals surface area (Å²) in [7, 11) is 0. The molecule has 0 aliphatic heterocycles. The zero-order valence-electron chi connectivity index (χ0n) is 17.2. The van der Waals surface area contributed by atoms with Gasteiger partial charge in [0.15, 0.2) is 5.65 Å². The summed E-state index contributed by atoms with van der Waals surface area (Å²) < 4.78 is 16.6. The first-order chi connectivity index (χ1) is 15.6. The van der Waals surface area contributed by atoms with Gasteiger partial charge >= 0.3 is 0 Å². The van der Waals surface area contributed by atoms with Gasteiger partial charge in [-0.15, -0.1) is 0 Å². The molecule has 1 aliphatic rings. The predicted octanol–water partition coefficient (Wildman–Crippen LogP) is 4.66. The minimum Gasteiger partial charge on any atom is -0.349 e. The average Bonchev–Trinajstić information content (AvgIpc) is 3.61. The van der Waals surface area contributed by atoms with Crippen LogP contribution in [0.5, 0.6) is 0 Å². The number of hydrogen-bond acceptors (Lipinski definition) is 3. The molecule has 158 valence electrons. The van der Waals surface area contributed by atoms with Crippen molar-refractivity contribution >= 4 is 28.0 Å². The summed E-state index contributed by atoms with van der Waals surface area (Å²) in [5.41, 5.74) is 5.20. The van der Waals surface area contributed by atoms with E-state index in [1.54, 1.807) is 12.3 Å². The van der Waals surface area contributed by atoms with Crippen LogP contribution in [0, 0.1) is 5.82 Å². The molecule has 32 heavy (non-hydrogen) atoms. The average molecular weight is 425 g/mol. The fourth-order valence-electron chi connectivity index (χ4n) is 3.92. The molecule has 0 saturated heterocycles. The number of rotatable bonds is 5. The number of halogens is 1. The van der Waals surface area contributed by atoms with Gasteiger partial charge in [-0.25, -0.2) is 9.37 Å². The smallest absolute Gasteiger partial charge is 0.254 e. The van der Waals surface area contributed by atoms with E-state index in [4.69, 9.17) is 4.98 Å². The highest BCUT2D eigenvalue weighted by Gasteiger charge is 2.25. The Morgan fingerprint density at radius 3 is 2.88 bits per heavy atom. The number of amides is 1. The van der Waals surface area contributed by atoms with E-state index in [0.29, 0.717) is 17.8 Å². The Kier molecular flexibility index (Phi) is 4.28. The molecule has 5 aromatic rings. The first kappa shape index (κ1) is 18.7. The highest BCUT2D eigenvalue weighted by atomic mass is 19.1. The van der Waals surface area contributed by atoms with Gasteiger partial charge in [-0.3, -0.25) is 19.6 Å². The number of nitrogens with one attached hydrogen (secondary N) is 2. The number of fused-ring (bicyclic) bond motifs is 2. The zero-order chi connectivity index (χ0) is 21.7. The van der Waals surface area contributed by atoms with Crippen molar-refractivity contribution in [3.05, 3.63) is 83.8 Å². The Labute approximate surface area is 183 Å². The van der Waals surface area contributed by atoms with Crippen molar-refractivity contribution in [2.24, 2.45) is 0 Å². The van der Waals surface area contributed by atoms with Crippen molar-refractivity contribution in [2.45, 2.75) is 25.4 Å². The minimum atomic E-state index is -0.537. The molecule has 6 nitrogen and oxygen atoms in total. The first-order valence-electron chi connectivity index (χ1n) is 10.6. The monoisotopic (exact) mass is 425 g/mol. The van der Waals surface area contributed by atoms with Crippen LogP contribution in [0.2, 0.25) is 0 Å². The molecular formula is C25H20FN5O. The minimum absolute atomic E-state index is 0.0682. The van der Waals surface area contributed by atoms with Crippen molar-refractivity contribution in [1.82, 2.24) is 25.1 Å². The number of carbonyl (C=O) groups excluding carboxylic acids is 1. The van der Waals surface area contributed by atoms with Crippen molar-refractivity contribution < 1.29 is 9.18 Å². The molecule has 3 aromatic heterocycles. The molecule has 0 spiro atoms. The Bertz CT molecular complexity index is 1480. The summed E-state index contributed by atoms with van der Waals surface area (Å²) in [6, 6.07) is 18.8. The van der Waals surface area contributed by atoms with Crippen molar-refractivity contribution in [3.8, 4) is 11.3 Å². The quantitative estimate of drug-likeness (QED) is 0.430. The van der Waals surface area contributed by atoms with Gasteiger partial charge in [-0.2, -0.15) is 0 Å². The standard InChI is InChI=1S/C25H20FN5O/c26-20-13-17(4-7-19(20)25(32)28-18-5-6-18)22-9-10-23-24(29-22)31(30-23)14-15-3-8-21-16(12-15)2-1-11-27-21/h1-4,7-13,18,30H,5-6,14H2,(H,28,32). The van der Waals surface area contributed by atoms with E-state index in [1.165, 1.54) is 12.1 Å². The second-order valence-electron chi connectivity index (χ2n) is 8.24. The van der Waals surface area contributed by atoms with E-state index in [2.05, 4.69) is 27.5 Å². The largest absolute Gasteiger partial charge is 0.349 e. The van der Waals surface area contributed by atoms with Crippen LogP contribution in [-0.4, -0.2) is 31.7 Å². The lowest BCUT2D eigenvalue weighted by Gasteiger charge is -2.17. The number of H-pyrrole nitrogens is 1. The summed E-state index contributed by atoms with van der Waals surface area (Å²) in [5, 5.41) is 7.20. The van der Waals surface area contributed by atoms with E-state index in [0.717, 1.165) is 40.5 Å². The Balaban J connectivity index is 1.27. The summed E-state index contributed by atoms with van der Waals surface area (Å²) in [5.74, 6) is -0.896. The first-order valence-corrected chi connectivity index (χ1v) is 10.6. The van der Waals surface area contributed by atoms with Gasteiger partial charge in [-0.1, -0.05) is 18.2 Å². The number of aromatic nitrogens is 4. The van der Waals surface area contributed by atoms with Gasteiger partial charge < -0.3 is 5.32 Å². The third kappa shape index (κ3) is 3.41. The van der Waals surface area contributed by atoms with E-state index in [1.807, 2.05) is 35.0 Å². The van der Waals surface area contributed by atoms with Crippen LogP contribution in [0.15, 0.2) is 66.9 Å². The lowest BCUT2D eigenvalue weighted by atomic mass is 10.1. The van der Waals surface area contributed by atoms with Gasteiger partial charge in [0, 0.05) is 23.2 Å². The molecule has 1 fully saturated rings. The van der Waals surface area contributed by atoms with Gasteiger partial charge in [0.25, 0.3) is 5.91 Å². The lowest BCUT2D eigenvalue weighted by molar-refractivity contribution is 0.0947. The van der Waals surface area contributed by atoms with Crippen LogP contribution in [-0.2, 0) is 6.54 Å². The fraction of sp³-hybridized carbons (Fsp3) is 0.160. The van der Waals surface area contributed by atoms with E-state index >= 15 is 0 Å². The molecule has 1 saturated carbocycles. The molecule has 0 unspecified atom stereocenters. The van der Waals surface area contributed by atoms with Gasteiger partial charge in [0.1, 0.15) is 5.82 Å². The second-order valence-corrected chi connectivity index (χ2v) is 8.24. The summed E-state index contributed by atoms with van der Waals surface area (Å²) in [4.78, 5) is 21.3. The van der Waals surface area contributed by atoms with Crippen molar-refractivity contribution in [3.63, 3.8) is 0 Å². The highest BCUT2D eigenvalue weighted by molar-refractivity contribution is 5.95. The summed E-state index contributed by atoms with van der Waals surface area (Å²) in [6.45, 7) is 0.642. The van der Waals surface area contributed by atoms with E-state index in [-0.39, 0.29) is 17.5 Å². The van der Waals surface area contributed by atoms with Gasteiger partial charge in [-0.05, 0) is 60.9 Å². The Hall–Kier alpha value is -4.00. The number of nitrogens with zero attached hydrogens (tertiary/aromatic N) is 3. The molecule has 6 rings (SSSR count). The Morgan fingerprint density at radius 1 is 1.12 bits per heavy atom. The van der Waals surface area contributed by atoms with Crippen molar-refractivity contribution in [2.75, 3.05) is 0 Å². The maximum Gasteiger partial charge on any atom is 0.254 e. The summed E-state index contributed by atoms with van der Waals surface area (Å²) >= 11 is 0. The maximum atomic E-state index is 14.6. The third-order valence-corrected chi connectivity index (χ3v) is 5.82. The number of aromatic amines is 1. The maximum absolute atomic E-state index is 14.6. The summed E-state index contributed by atoms with van der Waals surface area (Å²) in [6.07, 6.45) is 3.71. The van der Waals surface area contributed by atoms with E-state index < -0.39 is 5.82 Å². The van der Waals surface area contributed by atoms with Crippen LogP contribution in [0.1, 0.15) is 28.8 Å². The molecule has 2 aromatic carbocycles. The van der Waals surface area contributed by atoms with E-state index in [9.17, 15) is 9.18 Å². The number of pyridine rings is 2. The topological polar surface area (TPSA) is 75.6 Å². The van der Waals surface area contributed by atoms with Crippen molar-refractivity contribution in [1.29, 1.82) is 0 Å². The van der Waals surface area contributed by atoms with Crippen LogP contribution >= 0.6 is 0 Å². The number of benzene rings is 2. The van der Waals surface area contributed by atoms with Crippen LogP contribution in [0.25, 0.3) is 33.3 Å². The predicted molar refractivity (Wildman–Crippen MR) is 121 cm³/mol. The fourth-order valence-corrected chi connectivity index (χ4v) is 3.92. The van der Waals surface area contributed by atoms with Crippen LogP contribution in [0.3, 0.4) is 0 Å². The zero-order valence-corrected chi connectivity index (χ0v) is 17.2. The van der Waals surface area contributed by atoms with Gasteiger partial charge in [0.05, 0.1) is 28.8 Å². The molecule has 2 N–H and O–H groups in total. The SMILES string of the molecule is O=C(NC1CC1)c1ccc(-c2ccc3[nH]n(Cc4ccc5ncccc5c4)c3n2)cc1F. The second kappa shape index (κ2) is 7.30. The molecular weight excluding hydrogens is 405 g/mol. The molecule has 7 heteroatoms. The lowest BCUT2D eigenvalue weighted by Crippen LogP contribution is -2.26. The number of carbonyl (C=O) groups is 1. The third-order valence-electron chi connectivity index (χ3n) is 5.82. The molecule has 1 aliphatic carbocycles. The van der Waals surface area contributed by atoms with Crippen LogP contribution < -0.4 is 5.32 Å². The molecule has 0 radical (unpaired) electrons. The molecule has 1 amide bonds. The number of hydrogen-bond donors (Lipinski definition) is 2. The Morgan fingerprint density at radius 2 is 2.03 bits per heavy atom. The highest BCUT2D eigenvalue weighted by Crippen LogP contribution is 2.25.